The molecule has 0 aromatic carbocycles. The first kappa shape index (κ1) is 12.7. The van der Waals surface area contributed by atoms with Crippen molar-refractivity contribution in [2.75, 3.05) is 30.8 Å². The molecule has 18 heavy (non-hydrogen) atoms. The van der Waals surface area contributed by atoms with E-state index in [4.69, 9.17) is 5.73 Å². The number of nitrogens with zero attached hydrogens (tertiary/aromatic N) is 2. The summed E-state index contributed by atoms with van der Waals surface area (Å²) in [6, 6.07) is 2.09. The molecule has 1 aromatic rings. The summed E-state index contributed by atoms with van der Waals surface area (Å²) in [7, 11) is 1.31. The van der Waals surface area contributed by atoms with E-state index in [9.17, 15) is 10.1 Å². The van der Waals surface area contributed by atoms with Crippen LogP contribution in [0.5, 0.6) is 0 Å². The second-order valence-electron chi connectivity index (χ2n) is 4.47. The zero-order valence-electron chi connectivity index (χ0n) is 10.4. The van der Waals surface area contributed by atoms with Crippen LogP contribution in [0.2, 0.25) is 0 Å². The third-order valence-electron chi connectivity index (χ3n) is 3.12. The summed E-state index contributed by atoms with van der Waals surface area (Å²) in [4.78, 5) is 14.0. The van der Waals surface area contributed by atoms with Gasteiger partial charge in [-0.3, -0.25) is 0 Å². The molecule has 1 aliphatic heterocycles. The molecule has 1 atom stereocenters. The normalized spacial score (nSPS) is 18.7. The lowest BCUT2D eigenvalue weighted by atomic mass is 10.2. The van der Waals surface area contributed by atoms with Crippen LogP contribution in [-0.4, -0.2) is 26.2 Å². The first-order chi connectivity index (χ1) is 8.58. The molecular formula is C12H15N3O2S. The first-order valence-corrected chi connectivity index (χ1v) is 6.55. The van der Waals surface area contributed by atoms with Crippen molar-refractivity contribution >= 4 is 28.0 Å². The molecule has 1 fully saturated rings. The van der Waals surface area contributed by atoms with Crippen LogP contribution in [0.1, 0.15) is 28.6 Å². The zero-order chi connectivity index (χ0) is 13.3. The van der Waals surface area contributed by atoms with Crippen LogP contribution in [0.15, 0.2) is 0 Å². The zero-order valence-corrected chi connectivity index (χ0v) is 11.2. The van der Waals surface area contributed by atoms with Gasteiger partial charge in [-0.2, -0.15) is 5.26 Å². The summed E-state index contributed by atoms with van der Waals surface area (Å²) in [5.74, 6) is 0.119. The van der Waals surface area contributed by atoms with Gasteiger partial charge in [0.25, 0.3) is 0 Å². The van der Waals surface area contributed by atoms with Crippen LogP contribution >= 0.6 is 11.3 Å². The third kappa shape index (κ3) is 2.02. The number of nitriles is 1. The number of carbonyl (C=O) groups excluding carboxylic acids is 1. The highest BCUT2D eigenvalue weighted by molar-refractivity contribution is 7.18. The molecule has 0 radical (unpaired) electrons. The number of hydrogen-bond acceptors (Lipinski definition) is 6. The summed E-state index contributed by atoms with van der Waals surface area (Å²) >= 11 is 1.25. The van der Waals surface area contributed by atoms with Crippen molar-refractivity contribution in [1.29, 1.82) is 5.26 Å². The maximum Gasteiger partial charge on any atom is 0.350 e. The Morgan fingerprint density at radius 3 is 2.89 bits per heavy atom. The van der Waals surface area contributed by atoms with Gasteiger partial charge in [0.1, 0.15) is 21.5 Å². The maximum atomic E-state index is 11.6. The molecule has 2 rings (SSSR count). The Labute approximate surface area is 110 Å². The van der Waals surface area contributed by atoms with Gasteiger partial charge in [0.05, 0.1) is 12.8 Å². The molecule has 2 N–H and O–H groups in total. The van der Waals surface area contributed by atoms with E-state index in [0.717, 1.165) is 24.5 Å². The van der Waals surface area contributed by atoms with E-state index < -0.39 is 5.97 Å². The molecule has 0 amide bonds. The number of nitrogens with two attached hydrogens (primary N) is 1. The Morgan fingerprint density at radius 2 is 2.39 bits per heavy atom. The van der Waals surface area contributed by atoms with Gasteiger partial charge in [0.15, 0.2) is 0 Å². The van der Waals surface area contributed by atoms with E-state index in [1.807, 2.05) is 0 Å². The molecule has 1 aromatic heterocycles. The number of hydrogen-bond donors (Lipinski definition) is 1. The minimum Gasteiger partial charge on any atom is -0.465 e. The largest absolute Gasteiger partial charge is 0.465 e. The minimum absolute atomic E-state index is 0.240. The first-order valence-electron chi connectivity index (χ1n) is 5.74. The van der Waals surface area contributed by atoms with E-state index in [-0.39, 0.29) is 5.69 Å². The third-order valence-corrected chi connectivity index (χ3v) is 4.37. The lowest BCUT2D eigenvalue weighted by Crippen LogP contribution is -2.18. The molecule has 0 aliphatic carbocycles. The topological polar surface area (TPSA) is 79.3 Å². The molecule has 0 spiro atoms. The predicted molar refractivity (Wildman–Crippen MR) is 70.8 cm³/mol. The van der Waals surface area contributed by atoms with Gasteiger partial charge < -0.3 is 15.4 Å². The smallest absolute Gasteiger partial charge is 0.350 e. The number of esters is 1. The molecule has 0 saturated carbocycles. The van der Waals surface area contributed by atoms with Gasteiger partial charge in [-0.1, -0.05) is 6.92 Å². The Bertz CT molecular complexity index is 518. The number of carbonyl (C=O) groups is 1. The quantitative estimate of drug-likeness (QED) is 0.825. The summed E-state index contributed by atoms with van der Waals surface area (Å²) in [6.45, 7) is 3.97. The lowest BCUT2D eigenvalue weighted by molar-refractivity contribution is 0.0607. The van der Waals surface area contributed by atoms with Crippen LogP contribution in [0.3, 0.4) is 0 Å². The Kier molecular flexibility index (Phi) is 3.43. The highest BCUT2D eigenvalue weighted by atomic mass is 32.1. The molecule has 2 heterocycles. The highest BCUT2D eigenvalue weighted by Crippen LogP contribution is 2.40. The second kappa shape index (κ2) is 4.86. The van der Waals surface area contributed by atoms with Gasteiger partial charge in [0, 0.05) is 13.1 Å². The van der Waals surface area contributed by atoms with Crippen molar-refractivity contribution < 1.29 is 9.53 Å². The average molecular weight is 265 g/mol. The Morgan fingerprint density at radius 1 is 1.67 bits per heavy atom. The van der Waals surface area contributed by atoms with Crippen molar-refractivity contribution in [1.82, 2.24) is 0 Å². The van der Waals surface area contributed by atoms with Crippen molar-refractivity contribution in [3.63, 3.8) is 0 Å². The molecule has 1 saturated heterocycles. The molecule has 1 aliphatic rings. The maximum absolute atomic E-state index is 11.6. The number of methoxy groups -OCH3 is 1. The number of nitrogen functional groups attached to an aromatic ring is 1. The number of rotatable bonds is 2. The summed E-state index contributed by atoms with van der Waals surface area (Å²) in [5.41, 5.74) is 6.49. The SMILES string of the molecule is COC(=O)c1sc(N2CCC(C)C2)c(C#N)c1N. The fraction of sp³-hybridized carbons (Fsp3) is 0.500. The van der Waals surface area contributed by atoms with E-state index in [2.05, 4.69) is 22.6 Å². The van der Waals surface area contributed by atoms with Gasteiger partial charge in [0.2, 0.25) is 0 Å². The van der Waals surface area contributed by atoms with Crippen LogP contribution in [0.4, 0.5) is 10.7 Å². The number of anilines is 2. The summed E-state index contributed by atoms with van der Waals surface area (Å²) in [5, 5.41) is 9.98. The monoisotopic (exact) mass is 265 g/mol. The molecule has 6 heteroatoms. The van der Waals surface area contributed by atoms with Gasteiger partial charge in [-0.15, -0.1) is 11.3 Å². The second-order valence-corrected chi connectivity index (χ2v) is 5.47. The van der Waals surface area contributed by atoms with Crippen molar-refractivity contribution in [2.24, 2.45) is 5.92 Å². The summed E-state index contributed by atoms with van der Waals surface area (Å²) < 4.78 is 4.68. The fourth-order valence-corrected chi connectivity index (χ4v) is 3.25. The molecular weight excluding hydrogens is 250 g/mol. The molecule has 96 valence electrons. The van der Waals surface area contributed by atoms with E-state index in [1.165, 1.54) is 18.4 Å². The molecule has 0 bridgehead atoms. The van der Waals surface area contributed by atoms with E-state index in [0.29, 0.717) is 16.4 Å². The lowest BCUT2D eigenvalue weighted by Gasteiger charge is -2.15. The van der Waals surface area contributed by atoms with E-state index >= 15 is 0 Å². The van der Waals surface area contributed by atoms with Gasteiger partial charge in [-0.05, 0) is 12.3 Å². The van der Waals surface area contributed by atoms with Crippen LogP contribution in [0.25, 0.3) is 0 Å². The fourth-order valence-electron chi connectivity index (χ4n) is 2.13. The van der Waals surface area contributed by atoms with Crippen LogP contribution < -0.4 is 10.6 Å². The van der Waals surface area contributed by atoms with Gasteiger partial charge >= 0.3 is 5.97 Å². The van der Waals surface area contributed by atoms with Crippen molar-refractivity contribution in [2.45, 2.75) is 13.3 Å². The number of ether oxygens (including phenoxy) is 1. The van der Waals surface area contributed by atoms with E-state index in [1.54, 1.807) is 0 Å². The summed E-state index contributed by atoms with van der Waals surface area (Å²) in [6.07, 6.45) is 1.09. The Hall–Kier alpha value is -1.74. The molecule has 5 nitrogen and oxygen atoms in total. The van der Waals surface area contributed by atoms with Crippen LogP contribution in [-0.2, 0) is 4.74 Å². The Balaban J connectivity index is 2.42. The van der Waals surface area contributed by atoms with Crippen molar-refractivity contribution in [3.8, 4) is 6.07 Å². The van der Waals surface area contributed by atoms with Crippen molar-refractivity contribution in [3.05, 3.63) is 10.4 Å². The predicted octanol–water partition coefficient (Wildman–Crippen LogP) is 1.83. The van der Waals surface area contributed by atoms with Crippen LogP contribution in [0, 0.1) is 17.2 Å². The number of thiophene rings is 1. The highest BCUT2D eigenvalue weighted by Gasteiger charge is 2.28. The average Bonchev–Trinajstić information content (AvgIpc) is 2.92. The minimum atomic E-state index is -0.479. The molecule has 1 unspecified atom stereocenters. The van der Waals surface area contributed by atoms with Gasteiger partial charge in [-0.25, -0.2) is 4.79 Å². The standard InChI is InChI=1S/C12H15N3O2S/c1-7-3-4-15(6-7)11-8(5-13)9(14)10(18-11)12(16)17-2/h7H,3-4,6,14H2,1-2H3.